The molecule has 1 amide bonds. The monoisotopic (exact) mass is 321 g/mol. The zero-order valence-electron chi connectivity index (χ0n) is 13.1. The fourth-order valence-corrected chi connectivity index (χ4v) is 2.72. The van der Waals surface area contributed by atoms with Gasteiger partial charge in [0.15, 0.2) is 0 Å². The molecule has 1 aromatic rings. The standard InChI is InChI=1S/C15H19N3O5/c1-10(19)16-11-5-7-17(8-6-11)12-3-4-14(18(21)22)13(9-12)15(20)23-2/h3-4,9,11H,5-8H2,1-2H3,(H,16,19). The van der Waals surface area contributed by atoms with E-state index in [1.165, 1.54) is 26.2 Å². The van der Waals surface area contributed by atoms with Crippen LogP contribution in [0.3, 0.4) is 0 Å². The number of carbonyl (C=O) groups is 2. The molecule has 1 aliphatic rings. The van der Waals surface area contributed by atoms with Crippen molar-refractivity contribution < 1.29 is 19.2 Å². The number of nitro groups is 1. The van der Waals surface area contributed by atoms with Crippen molar-refractivity contribution in [2.24, 2.45) is 0 Å². The van der Waals surface area contributed by atoms with Crippen molar-refractivity contribution in [1.82, 2.24) is 5.32 Å². The predicted octanol–water partition coefficient (Wildman–Crippen LogP) is 1.49. The van der Waals surface area contributed by atoms with Crippen LogP contribution in [-0.4, -0.2) is 43.0 Å². The van der Waals surface area contributed by atoms with Gasteiger partial charge in [0, 0.05) is 37.8 Å². The molecule has 0 aromatic heterocycles. The molecule has 0 unspecified atom stereocenters. The number of benzene rings is 1. The summed E-state index contributed by atoms with van der Waals surface area (Å²) in [4.78, 5) is 35.3. The maximum atomic E-state index is 11.8. The highest BCUT2D eigenvalue weighted by atomic mass is 16.6. The Morgan fingerprint density at radius 2 is 2.00 bits per heavy atom. The molecule has 1 aliphatic heterocycles. The Morgan fingerprint density at radius 1 is 1.35 bits per heavy atom. The molecular formula is C15H19N3O5. The van der Waals surface area contributed by atoms with Crippen LogP contribution in [0.15, 0.2) is 18.2 Å². The van der Waals surface area contributed by atoms with Gasteiger partial charge in [-0.05, 0) is 25.0 Å². The van der Waals surface area contributed by atoms with Crippen molar-refractivity contribution in [3.05, 3.63) is 33.9 Å². The predicted molar refractivity (Wildman–Crippen MR) is 83.5 cm³/mol. The summed E-state index contributed by atoms with van der Waals surface area (Å²) in [7, 11) is 1.19. The van der Waals surface area contributed by atoms with E-state index in [0.29, 0.717) is 13.1 Å². The molecule has 0 saturated carbocycles. The molecule has 0 spiro atoms. The molecule has 1 fully saturated rings. The van der Waals surface area contributed by atoms with Crippen LogP contribution in [0.2, 0.25) is 0 Å². The molecule has 124 valence electrons. The number of hydrogen-bond donors (Lipinski definition) is 1. The van der Waals surface area contributed by atoms with Gasteiger partial charge >= 0.3 is 5.97 Å². The number of amides is 1. The highest BCUT2D eigenvalue weighted by Gasteiger charge is 2.25. The van der Waals surface area contributed by atoms with E-state index in [1.807, 2.05) is 4.90 Å². The highest BCUT2D eigenvalue weighted by molar-refractivity contribution is 5.95. The lowest BCUT2D eigenvalue weighted by molar-refractivity contribution is -0.385. The smallest absolute Gasteiger partial charge is 0.344 e. The first-order valence-electron chi connectivity index (χ1n) is 7.31. The Labute approximate surface area is 133 Å². The van der Waals surface area contributed by atoms with Gasteiger partial charge in [-0.15, -0.1) is 0 Å². The number of ether oxygens (including phenoxy) is 1. The first-order valence-corrected chi connectivity index (χ1v) is 7.31. The molecule has 0 radical (unpaired) electrons. The van der Waals surface area contributed by atoms with Gasteiger partial charge in [0.2, 0.25) is 5.91 Å². The number of nitrogens with zero attached hydrogens (tertiary/aromatic N) is 2. The minimum Gasteiger partial charge on any atom is -0.465 e. The number of nitro benzene ring substituents is 1. The first kappa shape index (κ1) is 16.7. The first-order chi connectivity index (χ1) is 10.9. The Balaban J connectivity index is 2.16. The molecule has 0 aliphatic carbocycles. The van der Waals surface area contributed by atoms with Gasteiger partial charge in [0.05, 0.1) is 12.0 Å². The molecule has 1 aromatic carbocycles. The third kappa shape index (κ3) is 3.97. The van der Waals surface area contributed by atoms with Crippen LogP contribution < -0.4 is 10.2 Å². The second-order valence-corrected chi connectivity index (χ2v) is 5.41. The van der Waals surface area contributed by atoms with E-state index in [2.05, 4.69) is 10.1 Å². The van der Waals surface area contributed by atoms with Crippen LogP contribution >= 0.6 is 0 Å². The Morgan fingerprint density at radius 3 is 2.52 bits per heavy atom. The summed E-state index contributed by atoms with van der Waals surface area (Å²) in [6.45, 7) is 2.89. The third-order valence-electron chi connectivity index (χ3n) is 3.85. The SMILES string of the molecule is COC(=O)c1cc(N2CCC(NC(C)=O)CC2)ccc1[N+](=O)[O-]. The van der Waals surface area contributed by atoms with Gasteiger partial charge in [-0.3, -0.25) is 14.9 Å². The van der Waals surface area contributed by atoms with Crippen molar-refractivity contribution in [1.29, 1.82) is 0 Å². The fraction of sp³-hybridized carbons (Fsp3) is 0.467. The van der Waals surface area contributed by atoms with E-state index in [9.17, 15) is 19.7 Å². The fourth-order valence-electron chi connectivity index (χ4n) is 2.72. The van der Waals surface area contributed by atoms with E-state index in [1.54, 1.807) is 6.07 Å². The third-order valence-corrected chi connectivity index (χ3v) is 3.85. The summed E-state index contributed by atoms with van der Waals surface area (Å²) in [5.41, 5.74) is 0.407. The van der Waals surface area contributed by atoms with Gasteiger partial charge in [-0.25, -0.2) is 4.79 Å². The second-order valence-electron chi connectivity index (χ2n) is 5.41. The lowest BCUT2D eigenvalue weighted by atomic mass is 10.0. The largest absolute Gasteiger partial charge is 0.465 e. The van der Waals surface area contributed by atoms with Crippen molar-refractivity contribution in [2.45, 2.75) is 25.8 Å². The van der Waals surface area contributed by atoms with Gasteiger partial charge in [-0.1, -0.05) is 0 Å². The summed E-state index contributed by atoms with van der Waals surface area (Å²) < 4.78 is 4.62. The average Bonchev–Trinajstić information content (AvgIpc) is 2.53. The molecule has 1 heterocycles. The second kappa shape index (κ2) is 7.08. The molecule has 23 heavy (non-hydrogen) atoms. The number of esters is 1. The normalized spacial score (nSPS) is 15.1. The summed E-state index contributed by atoms with van der Waals surface area (Å²) in [6, 6.07) is 4.58. The van der Waals surface area contributed by atoms with Crippen molar-refractivity contribution in [3.63, 3.8) is 0 Å². The molecule has 8 nitrogen and oxygen atoms in total. The van der Waals surface area contributed by atoms with Crippen molar-refractivity contribution in [3.8, 4) is 0 Å². The number of piperidine rings is 1. The summed E-state index contributed by atoms with van der Waals surface area (Å²) in [5.74, 6) is -0.779. The Bertz CT molecular complexity index is 624. The molecule has 1 N–H and O–H groups in total. The van der Waals surface area contributed by atoms with E-state index in [-0.39, 0.29) is 23.2 Å². The molecule has 8 heteroatoms. The summed E-state index contributed by atoms with van der Waals surface area (Å²) >= 11 is 0. The number of carbonyl (C=O) groups excluding carboxylic acids is 2. The topological polar surface area (TPSA) is 102 Å². The van der Waals surface area contributed by atoms with E-state index < -0.39 is 10.9 Å². The van der Waals surface area contributed by atoms with E-state index >= 15 is 0 Å². The Hall–Kier alpha value is -2.64. The van der Waals surface area contributed by atoms with Crippen LogP contribution in [0.1, 0.15) is 30.1 Å². The lowest BCUT2D eigenvalue weighted by Gasteiger charge is -2.33. The Kier molecular flexibility index (Phi) is 5.15. The zero-order valence-corrected chi connectivity index (χ0v) is 13.1. The van der Waals surface area contributed by atoms with Crippen molar-refractivity contribution in [2.75, 3.05) is 25.1 Å². The minimum absolute atomic E-state index is 0.0493. The van der Waals surface area contributed by atoms with Crippen LogP contribution in [0.4, 0.5) is 11.4 Å². The van der Waals surface area contributed by atoms with Crippen LogP contribution in [0.25, 0.3) is 0 Å². The number of nitrogens with one attached hydrogen (secondary N) is 1. The average molecular weight is 321 g/mol. The summed E-state index contributed by atoms with van der Waals surface area (Å²) in [5, 5.41) is 13.9. The molecule has 0 atom stereocenters. The van der Waals surface area contributed by atoms with E-state index in [4.69, 9.17) is 0 Å². The van der Waals surface area contributed by atoms with Gasteiger partial charge in [0.1, 0.15) is 5.56 Å². The number of hydrogen-bond acceptors (Lipinski definition) is 6. The van der Waals surface area contributed by atoms with E-state index in [0.717, 1.165) is 18.5 Å². The van der Waals surface area contributed by atoms with Gasteiger partial charge in [-0.2, -0.15) is 0 Å². The lowest BCUT2D eigenvalue weighted by Crippen LogP contribution is -2.44. The van der Waals surface area contributed by atoms with Crippen LogP contribution in [-0.2, 0) is 9.53 Å². The number of rotatable bonds is 4. The number of anilines is 1. The van der Waals surface area contributed by atoms with Crippen LogP contribution in [0.5, 0.6) is 0 Å². The van der Waals surface area contributed by atoms with Crippen molar-refractivity contribution >= 4 is 23.3 Å². The molecule has 2 rings (SSSR count). The highest BCUT2D eigenvalue weighted by Crippen LogP contribution is 2.27. The molecule has 0 bridgehead atoms. The maximum Gasteiger partial charge on any atom is 0.344 e. The zero-order chi connectivity index (χ0) is 17.0. The minimum atomic E-state index is -0.730. The summed E-state index contributed by atoms with van der Waals surface area (Å²) in [6.07, 6.45) is 1.56. The maximum absolute atomic E-state index is 11.8. The molecule has 1 saturated heterocycles. The molecular weight excluding hydrogens is 302 g/mol. The quantitative estimate of drug-likeness (QED) is 0.512. The number of methoxy groups -OCH3 is 1. The van der Waals surface area contributed by atoms with Gasteiger partial charge < -0.3 is 15.0 Å². The van der Waals surface area contributed by atoms with Crippen LogP contribution in [0, 0.1) is 10.1 Å². The van der Waals surface area contributed by atoms with Gasteiger partial charge in [0.25, 0.3) is 5.69 Å².